The zero-order chi connectivity index (χ0) is 16.8. The maximum absolute atomic E-state index is 11.7. The molecule has 0 aromatic heterocycles. The number of carbonyl (C=O) groups is 2. The molecular weight excluding hydrogens is 316 g/mol. The Kier molecular flexibility index (Phi) is 3.80. The highest BCUT2D eigenvalue weighted by atomic mass is 35.5. The zero-order valence-electron chi connectivity index (χ0n) is 12.6. The molecule has 2 aliphatic carbocycles. The van der Waals surface area contributed by atoms with Crippen LogP contribution in [0.4, 0.5) is 0 Å². The van der Waals surface area contributed by atoms with Crippen LogP contribution in [0.1, 0.15) is 25.3 Å². The number of hydrogen-bond donors (Lipinski definition) is 2. The summed E-state index contributed by atoms with van der Waals surface area (Å²) < 4.78 is 0. The van der Waals surface area contributed by atoms with Crippen molar-refractivity contribution in [1.29, 1.82) is 0 Å². The van der Waals surface area contributed by atoms with Crippen molar-refractivity contribution in [3.8, 4) is 0 Å². The van der Waals surface area contributed by atoms with Gasteiger partial charge >= 0.3 is 11.9 Å². The van der Waals surface area contributed by atoms with Gasteiger partial charge in [-0.2, -0.15) is 0 Å². The summed E-state index contributed by atoms with van der Waals surface area (Å²) in [5.41, 5.74) is 0.689. The van der Waals surface area contributed by atoms with Gasteiger partial charge in [0.15, 0.2) is 0 Å². The second-order valence-electron chi connectivity index (χ2n) is 6.41. The van der Waals surface area contributed by atoms with Crippen LogP contribution in [0, 0.1) is 17.3 Å². The molecule has 1 aromatic rings. The molecule has 5 heteroatoms. The molecule has 0 bridgehead atoms. The van der Waals surface area contributed by atoms with E-state index in [2.05, 4.69) is 0 Å². The highest BCUT2D eigenvalue weighted by Crippen LogP contribution is 2.55. The molecule has 2 N–H and O–H groups in total. The van der Waals surface area contributed by atoms with E-state index in [1.165, 1.54) is 6.08 Å². The second-order valence-corrected chi connectivity index (χ2v) is 6.85. The van der Waals surface area contributed by atoms with Crippen LogP contribution in [0.3, 0.4) is 0 Å². The standard InChI is InChI=1S/C18H17ClO4/c1-18(11-5-6-11)9-14(10-3-2-4-12(19)7-10)13(16(20)21)8-15(18)17(22)23/h2-4,7-9,11,15H,5-6H2,1H3,(H,20,21)(H,22,23). The van der Waals surface area contributed by atoms with Gasteiger partial charge in [-0.05, 0) is 42.0 Å². The van der Waals surface area contributed by atoms with Crippen molar-refractivity contribution < 1.29 is 19.8 Å². The van der Waals surface area contributed by atoms with Gasteiger partial charge in [0.05, 0.1) is 11.5 Å². The number of carboxylic acid groups (broad SMARTS) is 2. The molecule has 2 aliphatic rings. The lowest BCUT2D eigenvalue weighted by atomic mass is 9.67. The largest absolute Gasteiger partial charge is 0.481 e. The Morgan fingerprint density at radius 2 is 1.96 bits per heavy atom. The molecular formula is C18H17ClO4. The van der Waals surface area contributed by atoms with Crippen LogP contribution < -0.4 is 0 Å². The van der Waals surface area contributed by atoms with Crippen molar-refractivity contribution in [3.05, 3.63) is 52.6 Å². The highest BCUT2D eigenvalue weighted by Gasteiger charge is 2.50. The van der Waals surface area contributed by atoms with Crippen LogP contribution in [-0.4, -0.2) is 22.2 Å². The number of aliphatic carboxylic acids is 2. The third kappa shape index (κ3) is 2.79. The van der Waals surface area contributed by atoms with E-state index in [4.69, 9.17) is 11.6 Å². The van der Waals surface area contributed by atoms with Gasteiger partial charge in [-0.25, -0.2) is 4.79 Å². The molecule has 0 saturated heterocycles. The van der Waals surface area contributed by atoms with Gasteiger partial charge in [0.2, 0.25) is 0 Å². The van der Waals surface area contributed by atoms with Gasteiger partial charge in [-0.15, -0.1) is 0 Å². The minimum atomic E-state index is -1.12. The zero-order valence-corrected chi connectivity index (χ0v) is 13.4. The topological polar surface area (TPSA) is 74.6 Å². The molecule has 2 unspecified atom stereocenters. The molecule has 0 aliphatic heterocycles. The lowest BCUT2D eigenvalue weighted by molar-refractivity contribution is -0.143. The Morgan fingerprint density at radius 1 is 1.26 bits per heavy atom. The predicted octanol–water partition coefficient (Wildman–Crippen LogP) is 3.87. The predicted molar refractivity (Wildman–Crippen MR) is 87.1 cm³/mol. The maximum atomic E-state index is 11.7. The van der Waals surface area contributed by atoms with E-state index < -0.39 is 23.3 Å². The average Bonchev–Trinajstić information content (AvgIpc) is 3.31. The molecule has 1 aromatic carbocycles. The molecule has 0 amide bonds. The molecule has 23 heavy (non-hydrogen) atoms. The fourth-order valence-electron chi connectivity index (χ4n) is 3.41. The van der Waals surface area contributed by atoms with E-state index in [0.717, 1.165) is 12.8 Å². The van der Waals surface area contributed by atoms with Crippen molar-refractivity contribution in [2.45, 2.75) is 19.8 Å². The Balaban J connectivity index is 2.17. The summed E-state index contributed by atoms with van der Waals surface area (Å²) in [6, 6.07) is 6.98. The summed E-state index contributed by atoms with van der Waals surface area (Å²) in [4.78, 5) is 23.3. The molecule has 1 saturated carbocycles. The minimum absolute atomic E-state index is 0.0257. The molecule has 3 rings (SSSR count). The Labute approximate surface area is 139 Å². The van der Waals surface area contributed by atoms with Crippen LogP contribution in [-0.2, 0) is 9.59 Å². The first kappa shape index (κ1) is 15.8. The third-order valence-electron chi connectivity index (χ3n) is 4.84. The van der Waals surface area contributed by atoms with Crippen molar-refractivity contribution in [2.24, 2.45) is 17.3 Å². The van der Waals surface area contributed by atoms with Crippen molar-refractivity contribution in [3.63, 3.8) is 0 Å². The van der Waals surface area contributed by atoms with Crippen molar-refractivity contribution in [2.75, 3.05) is 0 Å². The first-order chi connectivity index (χ1) is 10.8. The van der Waals surface area contributed by atoms with E-state index in [0.29, 0.717) is 16.2 Å². The summed E-state index contributed by atoms with van der Waals surface area (Å²) in [6.45, 7) is 1.91. The number of benzene rings is 1. The Hall–Kier alpha value is -2.07. The van der Waals surface area contributed by atoms with Crippen LogP contribution in [0.5, 0.6) is 0 Å². The van der Waals surface area contributed by atoms with Crippen LogP contribution in [0.25, 0.3) is 5.57 Å². The molecule has 2 atom stereocenters. The van der Waals surface area contributed by atoms with E-state index in [1.54, 1.807) is 24.3 Å². The fourth-order valence-corrected chi connectivity index (χ4v) is 3.60. The van der Waals surface area contributed by atoms with E-state index in [1.807, 2.05) is 13.0 Å². The van der Waals surface area contributed by atoms with Crippen LogP contribution in [0.15, 0.2) is 42.0 Å². The number of carboxylic acids is 2. The number of halogens is 1. The lowest BCUT2D eigenvalue weighted by Crippen LogP contribution is -2.36. The maximum Gasteiger partial charge on any atom is 0.336 e. The fraction of sp³-hybridized carbons (Fsp3) is 0.333. The minimum Gasteiger partial charge on any atom is -0.481 e. The normalized spacial score (nSPS) is 27.1. The summed E-state index contributed by atoms with van der Waals surface area (Å²) in [6.07, 6.45) is 5.16. The quantitative estimate of drug-likeness (QED) is 0.877. The third-order valence-corrected chi connectivity index (χ3v) is 5.07. The Morgan fingerprint density at radius 3 is 2.48 bits per heavy atom. The van der Waals surface area contributed by atoms with Gasteiger partial charge < -0.3 is 10.2 Å². The molecule has 0 spiro atoms. The summed E-state index contributed by atoms with van der Waals surface area (Å²) >= 11 is 6.03. The van der Waals surface area contributed by atoms with Gasteiger partial charge in [-0.3, -0.25) is 4.79 Å². The van der Waals surface area contributed by atoms with Crippen LogP contribution >= 0.6 is 11.6 Å². The number of rotatable bonds is 4. The average molecular weight is 333 g/mol. The van der Waals surface area contributed by atoms with E-state index >= 15 is 0 Å². The first-order valence-corrected chi connectivity index (χ1v) is 7.88. The SMILES string of the molecule is CC1(C2CC2)C=C(c2cccc(Cl)c2)C(C(=O)O)=CC1C(=O)O. The highest BCUT2D eigenvalue weighted by molar-refractivity contribution is 6.30. The van der Waals surface area contributed by atoms with E-state index in [-0.39, 0.29) is 11.5 Å². The molecule has 0 heterocycles. The van der Waals surface area contributed by atoms with Crippen molar-refractivity contribution >= 4 is 29.1 Å². The second kappa shape index (κ2) is 5.53. The van der Waals surface area contributed by atoms with Gasteiger partial charge in [0, 0.05) is 10.4 Å². The Bertz CT molecular complexity index is 745. The monoisotopic (exact) mass is 332 g/mol. The number of allylic oxidation sites excluding steroid dienone is 1. The van der Waals surface area contributed by atoms with Gasteiger partial charge in [0.25, 0.3) is 0 Å². The first-order valence-electron chi connectivity index (χ1n) is 7.50. The number of hydrogen-bond acceptors (Lipinski definition) is 2. The molecule has 120 valence electrons. The van der Waals surface area contributed by atoms with Crippen molar-refractivity contribution in [1.82, 2.24) is 0 Å². The summed E-state index contributed by atoms with van der Waals surface area (Å²) in [5, 5.41) is 19.6. The van der Waals surface area contributed by atoms with Crippen LogP contribution in [0.2, 0.25) is 5.02 Å². The smallest absolute Gasteiger partial charge is 0.336 e. The van der Waals surface area contributed by atoms with Gasteiger partial charge in [0.1, 0.15) is 0 Å². The molecule has 0 radical (unpaired) electrons. The summed E-state index contributed by atoms with van der Waals surface area (Å²) in [7, 11) is 0. The van der Waals surface area contributed by atoms with Gasteiger partial charge in [-0.1, -0.05) is 42.8 Å². The van der Waals surface area contributed by atoms with E-state index in [9.17, 15) is 19.8 Å². The lowest BCUT2D eigenvalue weighted by Gasteiger charge is -2.36. The summed E-state index contributed by atoms with van der Waals surface area (Å²) in [5.74, 6) is -2.67. The molecule has 1 fully saturated rings. The molecule has 4 nitrogen and oxygen atoms in total.